The van der Waals surface area contributed by atoms with E-state index in [-0.39, 0.29) is 5.91 Å². The van der Waals surface area contributed by atoms with E-state index in [4.69, 9.17) is 5.73 Å². The van der Waals surface area contributed by atoms with Crippen LogP contribution in [-0.4, -0.2) is 31.8 Å². The Morgan fingerprint density at radius 2 is 2.05 bits per heavy atom. The Morgan fingerprint density at radius 3 is 2.74 bits per heavy atom. The van der Waals surface area contributed by atoms with Crippen LogP contribution in [0.4, 0.5) is 0 Å². The van der Waals surface area contributed by atoms with Gasteiger partial charge in [-0.1, -0.05) is 17.6 Å². The number of carbonyl (C=O) groups is 1. The molecule has 3 rings (SSSR count). The molecule has 1 fully saturated rings. The van der Waals surface area contributed by atoms with Gasteiger partial charge in [-0.15, -0.1) is 0 Å². The second-order valence-corrected chi connectivity index (χ2v) is 5.37. The first kappa shape index (κ1) is 12.3. The molecule has 5 heteroatoms. The van der Waals surface area contributed by atoms with Crippen molar-refractivity contribution in [2.24, 2.45) is 5.73 Å². The Morgan fingerprint density at radius 1 is 1.32 bits per heavy atom. The van der Waals surface area contributed by atoms with Gasteiger partial charge in [-0.2, -0.15) is 0 Å². The van der Waals surface area contributed by atoms with E-state index in [2.05, 4.69) is 16.4 Å². The highest BCUT2D eigenvalue weighted by molar-refractivity contribution is 6.34. The van der Waals surface area contributed by atoms with Crippen molar-refractivity contribution in [3.05, 3.63) is 29.5 Å². The van der Waals surface area contributed by atoms with Crippen molar-refractivity contribution in [2.45, 2.75) is 18.8 Å². The Kier molecular flexibility index (Phi) is 3.07. The zero-order chi connectivity index (χ0) is 13.4. The fourth-order valence-electron chi connectivity index (χ4n) is 3.06. The lowest BCUT2D eigenvalue weighted by Gasteiger charge is -2.22. The summed E-state index contributed by atoms with van der Waals surface area (Å²) in [6.07, 6.45) is 4.34. The summed E-state index contributed by atoms with van der Waals surface area (Å²) in [6.45, 7) is 2.12. The third kappa shape index (κ3) is 2.14. The van der Waals surface area contributed by atoms with Gasteiger partial charge in [0.15, 0.2) is 0 Å². The Balaban J connectivity index is 2.14. The molecule has 4 nitrogen and oxygen atoms in total. The predicted molar refractivity (Wildman–Crippen MR) is 79.8 cm³/mol. The zero-order valence-electron chi connectivity index (χ0n) is 11.1. The molecule has 1 amide bonds. The van der Waals surface area contributed by atoms with Gasteiger partial charge in [0, 0.05) is 11.6 Å². The van der Waals surface area contributed by atoms with E-state index in [9.17, 15) is 4.79 Å². The van der Waals surface area contributed by atoms with Crippen LogP contribution in [0.2, 0.25) is 0 Å². The maximum absolute atomic E-state index is 11.5. The summed E-state index contributed by atoms with van der Waals surface area (Å²) >= 11 is 0. The quantitative estimate of drug-likeness (QED) is 0.660. The largest absolute Gasteiger partial charge is 0.366 e. The lowest BCUT2D eigenvalue weighted by Crippen LogP contribution is -2.26. The van der Waals surface area contributed by atoms with Crippen LogP contribution in [0.5, 0.6) is 0 Å². The summed E-state index contributed by atoms with van der Waals surface area (Å²) in [7, 11) is 2.01. The highest BCUT2D eigenvalue weighted by atomic mass is 16.1. The summed E-state index contributed by atoms with van der Waals surface area (Å²) in [4.78, 5) is 14.8. The fraction of sp³-hybridized carbons (Fsp3) is 0.357. The van der Waals surface area contributed by atoms with E-state index in [1.807, 2.05) is 20.1 Å². The standard InChI is InChI=1S/C14H18BN3O/c15-9-5-10-12(8-1-3-17-4-2-8)7-18-13(10)11(6-9)14(16)19/h5-8,17-18H,1-4,15H2,(H2,16,19). The Labute approximate surface area is 113 Å². The maximum Gasteiger partial charge on any atom is 0.250 e. The van der Waals surface area contributed by atoms with Crippen molar-refractivity contribution in [3.8, 4) is 0 Å². The van der Waals surface area contributed by atoms with Crippen molar-refractivity contribution < 1.29 is 4.79 Å². The van der Waals surface area contributed by atoms with E-state index in [1.165, 1.54) is 5.56 Å². The number of rotatable bonds is 2. The van der Waals surface area contributed by atoms with Crippen LogP contribution in [0.3, 0.4) is 0 Å². The maximum atomic E-state index is 11.5. The van der Waals surface area contributed by atoms with Crippen LogP contribution >= 0.6 is 0 Å². The van der Waals surface area contributed by atoms with Crippen molar-refractivity contribution in [1.29, 1.82) is 0 Å². The Bertz CT molecular complexity index is 629. The van der Waals surface area contributed by atoms with Gasteiger partial charge in [0.1, 0.15) is 7.85 Å². The van der Waals surface area contributed by atoms with Gasteiger partial charge in [0.05, 0.1) is 11.1 Å². The van der Waals surface area contributed by atoms with E-state index in [0.717, 1.165) is 42.3 Å². The highest BCUT2D eigenvalue weighted by Crippen LogP contribution is 2.32. The normalized spacial score (nSPS) is 16.8. The molecule has 98 valence electrons. The minimum Gasteiger partial charge on any atom is -0.366 e. The SMILES string of the molecule is Bc1cc(C(N)=O)c2[nH]cc(C3CCNCC3)c2c1. The molecule has 0 saturated carbocycles. The molecule has 0 unspecified atom stereocenters. The first-order valence-corrected chi connectivity index (χ1v) is 6.79. The van der Waals surface area contributed by atoms with E-state index >= 15 is 0 Å². The number of H-pyrrole nitrogens is 1. The molecule has 1 aromatic heterocycles. The van der Waals surface area contributed by atoms with Crippen molar-refractivity contribution in [2.75, 3.05) is 13.1 Å². The number of hydrogen-bond acceptors (Lipinski definition) is 2. The van der Waals surface area contributed by atoms with Gasteiger partial charge in [0.2, 0.25) is 0 Å². The number of aromatic amines is 1. The van der Waals surface area contributed by atoms with Crippen molar-refractivity contribution in [1.82, 2.24) is 10.3 Å². The number of hydrogen-bond donors (Lipinski definition) is 3. The van der Waals surface area contributed by atoms with E-state index < -0.39 is 0 Å². The minimum absolute atomic E-state index is 0.368. The first-order chi connectivity index (χ1) is 9.16. The number of primary amides is 1. The number of aromatic nitrogens is 1. The molecular weight excluding hydrogens is 237 g/mol. The fourth-order valence-corrected chi connectivity index (χ4v) is 3.06. The average Bonchev–Trinajstić information content (AvgIpc) is 2.82. The summed E-state index contributed by atoms with van der Waals surface area (Å²) < 4.78 is 0. The highest BCUT2D eigenvalue weighted by Gasteiger charge is 2.20. The third-order valence-corrected chi connectivity index (χ3v) is 4.01. The summed E-state index contributed by atoms with van der Waals surface area (Å²) in [5, 5.41) is 4.53. The van der Waals surface area contributed by atoms with Gasteiger partial charge in [-0.05, 0) is 37.4 Å². The molecular formula is C14H18BN3O. The first-order valence-electron chi connectivity index (χ1n) is 6.79. The van der Waals surface area contributed by atoms with Crippen LogP contribution in [0.1, 0.15) is 34.7 Å². The van der Waals surface area contributed by atoms with Gasteiger partial charge in [0.25, 0.3) is 5.91 Å². The van der Waals surface area contributed by atoms with Gasteiger partial charge >= 0.3 is 0 Å². The number of piperidine rings is 1. The molecule has 1 aliphatic rings. The molecule has 0 spiro atoms. The molecule has 19 heavy (non-hydrogen) atoms. The lowest BCUT2D eigenvalue weighted by molar-refractivity contribution is 0.100. The van der Waals surface area contributed by atoms with Crippen LogP contribution in [-0.2, 0) is 0 Å². The molecule has 0 atom stereocenters. The molecule has 4 N–H and O–H groups in total. The van der Waals surface area contributed by atoms with Crippen LogP contribution in [0.15, 0.2) is 18.3 Å². The summed E-state index contributed by atoms with van der Waals surface area (Å²) in [6, 6.07) is 4.00. The molecule has 2 heterocycles. The number of carbonyl (C=O) groups excluding carboxylic acids is 1. The second kappa shape index (κ2) is 4.74. The van der Waals surface area contributed by atoms with E-state index in [1.54, 1.807) is 0 Å². The minimum atomic E-state index is -0.368. The topological polar surface area (TPSA) is 70.9 Å². The molecule has 0 aliphatic carbocycles. The van der Waals surface area contributed by atoms with Crippen LogP contribution in [0.25, 0.3) is 10.9 Å². The van der Waals surface area contributed by atoms with Crippen molar-refractivity contribution in [3.63, 3.8) is 0 Å². The smallest absolute Gasteiger partial charge is 0.250 e. The number of benzene rings is 1. The van der Waals surface area contributed by atoms with Gasteiger partial charge in [-0.25, -0.2) is 0 Å². The number of amides is 1. The second-order valence-electron chi connectivity index (χ2n) is 5.37. The van der Waals surface area contributed by atoms with Gasteiger partial charge < -0.3 is 16.0 Å². The number of nitrogens with two attached hydrogens (primary N) is 1. The summed E-state index contributed by atoms with van der Waals surface area (Å²) in [5.41, 5.74) is 9.34. The summed E-state index contributed by atoms with van der Waals surface area (Å²) in [5.74, 6) is 0.199. The van der Waals surface area contributed by atoms with Crippen molar-refractivity contribution >= 4 is 30.1 Å². The molecule has 1 aromatic carbocycles. The van der Waals surface area contributed by atoms with Gasteiger partial charge in [-0.3, -0.25) is 4.79 Å². The molecule has 1 saturated heterocycles. The molecule has 0 radical (unpaired) electrons. The lowest BCUT2D eigenvalue weighted by atomic mass is 9.86. The van der Waals surface area contributed by atoms with E-state index in [0.29, 0.717) is 11.5 Å². The van der Waals surface area contributed by atoms with Crippen LogP contribution < -0.4 is 16.5 Å². The van der Waals surface area contributed by atoms with Crippen LogP contribution in [0, 0.1) is 0 Å². The Hall–Kier alpha value is -1.75. The average molecular weight is 255 g/mol. The monoisotopic (exact) mass is 255 g/mol. The molecule has 2 aromatic rings. The molecule has 0 bridgehead atoms. The predicted octanol–water partition coefficient (Wildman–Crippen LogP) is -0.00780. The number of nitrogens with one attached hydrogen (secondary N) is 2. The zero-order valence-corrected chi connectivity index (χ0v) is 11.1. The molecule has 1 aliphatic heterocycles. The third-order valence-electron chi connectivity index (χ3n) is 4.01. The number of fused-ring (bicyclic) bond motifs is 1.